The molecule has 0 saturated carbocycles. The predicted molar refractivity (Wildman–Crippen MR) is 70.5 cm³/mol. The Balaban J connectivity index is 2.45. The second-order valence-corrected chi connectivity index (χ2v) is 4.59. The minimum atomic E-state index is -0.620. The molecule has 1 aliphatic rings. The number of anilines is 1. The van der Waals surface area contributed by atoms with Gasteiger partial charge in [-0.1, -0.05) is 11.6 Å². The lowest BCUT2D eigenvalue weighted by Crippen LogP contribution is -2.39. The number of carbonyl (C=O) groups is 2. The first-order valence-electron chi connectivity index (χ1n) is 5.82. The predicted octanol–water partition coefficient (Wildman–Crippen LogP) is 2.02. The van der Waals surface area contributed by atoms with E-state index in [0.29, 0.717) is 29.3 Å². The number of rotatable bonds is 3. The molecule has 1 unspecified atom stereocenters. The SMILES string of the molecule is COC(=O)C1CCC(=O)N1c1cc(Cl)ccc1OC. The zero-order valence-electron chi connectivity index (χ0n) is 10.7. The standard InChI is InChI=1S/C13H14ClNO4/c1-18-11-5-3-8(14)7-10(11)15-9(13(17)19-2)4-6-12(15)16/h3,5,7,9H,4,6H2,1-2H3. The highest BCUT2D eigenvalue weighted by Crippen LogP contribution is 2.36. The maximum absolute atomic E-state index is 12.0. The molecule has 0 N–H and O–H groups in total. The molecule has 0 radical (unpaired) electrons. The van der Waals surface area contributed by atoms with Crippen LogP contribution in [0.1, 0.15) is 12.8 Å². The van der Waals surface area contributed by atoms with Crippen molar-refractivity contribution in [3.8, 4) is 5.75 Å². The average molecular weight is 284 g/mol. The summed E-state index contributed by atoms with van der Waals surface area (Å²) in [4.78, 5) is 25.1. The maximum atomic E-state index is 12.0. The van der Waals surface area contributed by atoms with Crippen molar-refractivity contribution < 1.29 is 19.1 Å². The fourth-order valence-electron chi connectivity index (χ4n) is 2.20. The Hall–Kier alpha value is -1.75. The number of halogens is 1. The largest absolute Gasteiger partial charge is 0.495 e. The van der Waals surface area contributed by atoms with Crippen LogP contribution < -0.4 is 9.64 Å². The number of hydrogen-bond donors (Lipinski definition) is 0. The molecule has 1 fully saturated rings. The van der Waals surface area contributed by atoms with E-state index < -0.39 is 12.0 Å². The van der Waals surface area contributed by atoms with Crippen LogP contribution >= 0.6 is 11.6 Å². The Labute approximate surface area is 116 Å². The normalized spacial score (nSPS) is 18.6. The average Bonchev–Trinajstić information content (AvgIpc) is 2.79. The molecule has 1 aromatic rings. The summed E-state index contributed by atoms with van der Waals surface area (Å²) in [7, 11) is 2.80. The van der Waals surface area contributed by atoms with Crippen molar-refractivity contribution in [3.05, 3.63) is 23.2 Å². The number of ether oxygens (including phenoxy) is 2. The number of esters is 1. The van der Waals surface area contributed by atoms with E-state index in [1.54, 1.807) is 18.2 Å². The van der Waals surface area contributed by atoms with Gasteiger partial charge < -0.3 is 9.47 Å². The van der Waals surface area contributed by atoms with Crippen molar-refractivity contribution in [3.63, 3.8) is 0 Å². The number of amides is 1. The fourth-order valence-corrected chi connectivity index (χ4v) is 2.36. The molecule has 1 heterocycles. The quantitative estimate of drug-likeness (QED) is 0.797. The summed E-state index contributed by atoms with van der Waals surface area (Å²) in [6.07, 6.45) is 0.733. The van der Waals surface area contributed by atoms with Gasteiger partial charge in [-0.15, -0.1) is 0 Å². The molecule has 1 amide bonds. The van der Waals surface area contributed by atoms with Crippen molar-refractivity contribution in [1.82, 2.24) is 0 Å². The lowest BCUT2D eigenvalue weighted by atomic mass is 10.2. The van der Waals surface area contributed by atoms with E-state index in [1.807, 2.05) is 0 Å². The summed E-state index contributed by atoms with van der Waals surface area (Å²) < 4.78 is 9.95. The van der Waals surface area contributed by atoms with Gasteiger partial charge in [-0.3, -0.25) is 9.69 Å². The van der Waals surface area contributed by atoms with E-state index in [9.17, 15) is 9.59 Å². The summed E-state index contributed by atoms with van der Waals surface area (Å²) >= 11 is 5.95. The lowest BCUT2D eigenvalue weighted by molar-refractivity contribution is -0.142. The molecule has 1 aliphatic heterocycles. The van der Waals surface area contributed by atoms with Gasteiger partial charge in [-0.05, 0) is 24.6 Å². The van der Waals surface area contributed by atoms with Gasteiger partial charge in [0.2, 0.25) is 5.91 Å². The molecule has 0 bridgehead atoms. The molecule has 0 aromatic heterocycles. The molecule has 19 heavy (non-hydrogen) atoms. The topological polar surface area (TPSA) is 55.8 Å². The van der Waals surface area contributed by atoms with Gasteiger partial charge in [-0.25, -0.2) is 4.79 Å². The highest BCUT2D eigenvalue weighted by atomic mass is 35.5. The van der Waals surface area contributed by atoms with Crippen LogP contribution in [0.15, 0.2) is 18.2 Å². The lowest BCUT2D eigenvalue weighted by Gasteiger charge is -2.24. The van der Waals surface area contributed by atoms with Crippen molar-refractivity contribution in [2.75, 3.05) is 19.1 Å². The highest BCUT2D eigenvalue weighted by Gasteiger charge is 2.39. The second-order valence-electron chi connectivity index (χ2n) is 4.16. The minimum Gasteiger partial charge on any atom is -0.495 e. The van der Waals surface area contributed by atoms with Crippen LogP contribution in [-0.2, 0) is 14.3 Å². The van der Waals surface area contributed by atoms with Gasteiger partial charge in [0.05, 0.1) is 19.9 Å². The molecule has 0 spiro atoms. The van der Waals surface area contributed by atoms with Crippen LogP contribution in [0.3, 0.4) is 0 Å². The fraction of sp³-hybridized carbons (Fsp3) is 0.385. The summed E-state index contributed by atoms with van der Waals surface area (Å²) in [6, 6.07) is 4.32. The molecule has 1 atom stereocenters. The minimum absolute atomic E-state index is 0.143. The van der Waals surface area contributed by atoms with Gasteiger partial charge in [0.1, 0.15) is 11.8 Å². The van der Waals surface area contributed by atoms with Crippen molar-refractivity contribution in [1.29, 1.82) is 0 Å². The first-order valence-corrected chi connectivity index (χ1v) is 6.19. The Morgan fingerprint density at radius 2 is 2.16 bits per heavy atom. The Bertz CT molecular complexity index is 517. The third kappa shape index (κ3) is 2.51. The number of methoxy groups -OCH3 is 2. The van der Waals surface area contributed by atoms with Crippen LogP contribution in [-0.4, -0.2) is 32.1 Å². The summed E-state index contributed by atoms with van der Waals surface area (Å²) in [5, 5.41) is 0.471. The van der Waals surface area contributed by atoms with Crippen molar-refractivity contribution in [2.24, 2.45) is 0 Å². The Kier molecular flexibility index (Phi) is 3.95. The van der Waals surface area contributed by atoms with E-state index in [1.165, 1.54) is 19.1 Å². The Morgan fingerprint density at radius 1 is 1.42 bits per heavy atom. The van der Waals surface area contributed by atoms with Gasteiger partial charge in [0, 0.05) is 11.4 Å². The van der Waals surface area contributed by atoms with E-state index in [-0.39, 0.29) is 5.91 Å². The maximum Gasteiger partial charge on any atom is 0.328 e. The smallest absolute Gasteiger partial charge is 0.328 e. The van der Waals surface area contributed by atoms with Crippen molar-refractivity contribution in [2.45, 2.75) is 18.9 Å². The van der Waals surface area contributed by atoms with Crippen LogP contribution in [0.4, 0.5) is 5.69 Å². The van der Waals surface area contributed by atoms with Gasteiger partial charge in [-0.2, -0.15) is 0 Å². The van der Waals surface area contributed by atoms with Crippen LogP contribution in [0.5, 0.6) is 5.75 Å². The van der Waals surface area contributed by atoms with Crippen LogP contribution in [0.25, 0.3) is 0 Å². The third-order valence-electron chi connectivity index (χ3n) is 3.09. The number of nitrogens with zero attached hydrogens (tertiary/aromatic N) is 1. The molecule has 0 aliphatic carbocycles. The first kappa shape index (κ1) is 13.7. The molecule has 5 nitrogen and oxygen atoms in total. The zero-order valence-corrected chi connectivity index (χ0v) is 11.4. The van der Waals surface area contributed by atoms with Crippen molar-refractivity contribution >= 4 is 29.2 Å². The third-order valence-corrected chi connectivity index (χ3v) is 3.32. The first-order chi connectivity index (χ1) is 9.08. The van der Waals surface area contributed by atoms with E-state index in [2.05, 4.69) is 0 Å². The summed E-state index contributed by atoms with van der Waals surface area (Å²) in [5.74, 6) is -0.0857. The zero-order chi connectivity index (χ0) is 14.0. The number of carbonyl (C=O) groups excluding carboxylic acids is 2. The van der Waals surface area contributed by atoms with Gasteiger partial charge in [0.25, 0.3) is 0 Å². The molecule has 102 valence electrons. The van der Waals surface area contributed by atoms with Crippen LogP contribution in [0.2, 0.25) is 5.02 Å². The number of benzene rings is 1. The summed E-state index contributed by atoms with van der Waals surface area (Å²) in [6.45, 7) is 0. The molecule has 1 aromatic carbocycles. The van der Waals surface area contributed by atoms with E-state index >= 15 is 0 Å². The number of hydrogen-bond acceptors (Lipinski definition) is 4. The molecule has 2 rings (SSSR count). The summed E-state index contributed by atoms with van der Waals surface area (Å²) in [5.41, 5.74) is 0.493. The van der Waals surface area contributed by atoms with E-state index in [4.69, 9.17) is 21.1 Å². The van der Waals surface area contributed by atoms with Gasteiger partial charge >= 0.3 is 5.97 Å². The Morgan fingerprint density at radius 3 is 2.79 bits per heavy atom. The molecule has 1 saturated heterocycles. The molecular weight excluding hydrogens is 270 g/mol. The second kappa shape index (κ2) is 5.48. The molecular formula is C13H14ClNO4. The van der Waals surface area contributed by atoms with Gasteiger partial charge in [0.15, 0.2) is 0 Å². The monoisotopic (exact) mass is 283 g/mol. The van der Waals surface area contributed by atoms with E-state index in [0.717, 1.165) is 0 Å². The molecule has 6 heteroatoms. The van der Waals surface area contributed by atoms with Crippen LogP contribution in [0, 0.1) is 0 Å². The highest BCUT2D eigenvalue weighted by molar-refractivity contribution is 6.31.